The predicted molar refractivity (Wildman–Crippen MR) is 51.0 cm³/mol. The molecule has 0 spiro atoms. The molecular formula is C8H6N6O. The fourth-order valence-electron chi connectivity index (χ4n) is 1.38. The molecule has 0 atom stereocenters. The quantitative estimate of drug-likeness (QED) is 0.566. The van der Waals surface area contributed by atoms with Gasteiger partial charge in [0.15, 0.2) is 11.3 Å². The first-order valence-electron chi connectivity index (χ1n) is 4.21. The van der Waals surface area contributed by atoms with Gasteiger partial charge in [-0.05, 0) is 17.3 Å². The van der Waals surface area contributed by atoms with Gasteiger partial charge in [-0.1, -0.05) is 0 Å². The molecule has 0 aliphatic rings. The third-order valence-corrected chi connectivity index (χ3v) is 2.02. The third-order valence-electron chi connectivity index (χ3n) is 2.02. The molecule has 0 amide bonds. The second kappa shape index (κ2) is 2.77. The smallest absolute Gasteiger partial charge is 0.207 e. The van der Waals surface area contributed by atoms with Crippen molar-refractivity contribution in [1.82, 2.24) is 25.1 Å². The Balaban J connectivity index is 2.39. The Hall–Kier alpha value is -2.44. The number of nitrogens with zero attached hydrogens (tertiary/aromatic N) is 5. The number of rotatable bonds is 1. The van der Waals surface area contributed by atoms with Gasteiger partial charge in [-0.3, -0.25) is 0 Å². The fraction of sp³-hybridized carbons (Fsp3) is 0. The van der Waals surface area contributed by atoms with Crippen LogP contribution in [0.4, 0.5) is 0 Å². The molecule has 15 heavy (non-hydrogen) atoms. The van der Waals surface area contributed by atoms with Crippen LogP contribution in [-0.4, -0.2) is 25.1 Å². The SMILES string of the molecule is Nn1nnc2ncnc(-c3ccco3)c21. The van der Waals surface area contributed by atoms with E-state index in [0.29, 0.717) is 22.6 Å². The zero-order valence-electron chi connectivity index (χ0n) is 7.53. The molecule has 0 aromatic carbocycles. The van der Waals surface area contributed by atoms with E-state index in [0.717, 1.165) is 4.79 Å². The maximum absolute atomic E-state index is 5.60. The molecule has 3 heterocycles. The van der Waals surface area contributed by atoms with Crippen LogP contribution < -0.4 is 5.84 Å². The second-order valence-electron chi connectivity index (χ2n) is 2.91. The third kappa shape index (κ3) is 1.06. The molecule has 0 bridgehead atoms. The highest BCUT2D eigenvalue weighted by Crippen LogP contribution is 2.22. The van der Waals surface area contributed by atoms with Crippen molar-refractivity contribution in [3.8, 4) is 11.5 Å². The van der Waals surface area contributed by atoms with Crippen LogP contribution in [0, 0.1) is 0 Å². The molecule has 0 fully saturated rings. The van der Waals surface area contributed by atoms with Crippen LogP contribution in [0.25, 0.3) is 22.6 Å². The summed E-state index contributed by atoms with van der Waals surface area (Å²) in [5.74, 6) is 6.21. The first kappa shape index (κ1) is 7.92. The lowest BCUT2D eigenvalue weighted by Gasteiger charge is -1.97. The molecular weight excluding hydrogens is 196 g/mol. The summed E-state index contributed by atoms with van der Waals surface area (Å²) < 4.78 is 5.24. The van der Waals surface area contributed by atoms with Crippen molar-refractivity contribution in [2.45, 2.75) is 0 Å². The average Bonchev–Trinajstić information content (AvgIpc) is 2.88. The molecule has 0 saturated carbocycles. The fourth-order valence-corrected chi connectivity index (χ4v) is 1.38. The molecule has 2 N–H and O–H groups in total. The molecule has 0 radical (unpaired) electrons. The van der Waals surface area contributed by atoms with E-state index in [4.69, 9.17) is 10.3 Å². The van der Waals surface area contributed by atoms with Gasteiger partial charge >= 0.3 is 0 Å². The van der Waals surface area contributed by atoms with Gasteiger partial charge in [0.2, 0.25) is 5.65 Å². The zero-order valence-corrected chi connectivity index (χ0v) is 7.53. The second-order valence-corrected chi connectivity index (χ2v) is 2.91. The van der Waals surface area contributed by atoms with Crippen molar-refractivity contribution in [2.24, 2.45) is 0 Å². The van der Waals surface area contributed by atoms with Crippen LogP contribution in [0.5, 0.6) is 0 Å². The summed E-state index contributed by atoms with van der Waals surface area (Å²) in [6, 6.07) is 3.56. The predicted octanol–water partition coefficient (Wildman–Crippen LogP) is 0.195. The highest BCUT2D eigenvalue weighted by molar-refractivity contribution is 5.84. The molecule has 7 nitrogen and oxygen atoms in total. The topological polar surface area (TPSA) is 95.7 Å². The number of furan rings is 1. The molecule has 3 aromatic heterocycles. The van der Waals surface area contributed by atoms with Crippen LogP contribution in [0.15, 0.2) is 29.1 Å². The summed E-state index contributed by atoms with van der Waals surface area (Å²) >= 11 is 0. The largest absolute Gasteiger partial charge is 0.463 e. The Kier molecular flexibility index (Phi) is 1.46. The van der Waals surface area contributed by atoms with E-state index in [1.807, 2.05) is 0 Å². The molecule has 0 saturated heterocycles. The van der Waals surface area contributed by atoms with Crippen molar-refractivity contribution in [3.63, 3.8) is 0 Å². The number of aromatic nitrogens is 5. The van der Waals surface area contributed by atoms with Crippen molar-refractivity contribution >= 4 is 11.2 Å². The highest BCUT2D eigenvalue weighted by atomic mass is 16.3. The van der Waals surface area contributed by atoms with Crippen molar-refractivity contribution in [1.29, 1.82) is 0 Å². The minimum atomic E-state index is 0.443. The Morgan fingerprint density at radius 1 is 1.33 bits per heavy atom. The standard InChI is InChI=1S/C8H6N6O/c9-14-7-6(5-2-1-3-15-5)10-4-11-8(7)12-13-14/h1-4H,9H2. The maximum atomic E-state index is 5.60. The van der Waals surface area contributed by atoms with E-state index in [1.54, 1.807) is 18.4 Å². The van der Waals surface area contributed by atoms with Gasteiger partial charge in [0, 0.05) is 0 Å². The van der Waals surface area contributed by atoms with Crippen LogP contribution in [0.1, 0.15) is 0 Å². The van der Waals surface area contributed by atoms with Crippen molar-refractivity contribution in [2.75, 3.05) is 5.84 Å². The molecule has 0 unspecified atom stereocenters. The minimum Gasteiger partial charge on any atom is -0.463 e. The monoisotopic (exact) mass is 202 g/mol. The summed E-state index contributed by atoms with van der Waals surface area (Å²) in [6.45, 7) is 0. The summed E-state index contributed by atoms with van der Waals surface area (Å²) in [6.07, 6.45) is 2.96. The van der Waals surface area contributed by atoms with E-state index in [1.165, 1.54) is 6.33 Å². The van der Waals surface area contributed by atoms with Crippen molar-refractivity contribution < 1.29 is 4.42 Å². The van der Waals surface area contributed by atoms with Crippen LogP contribution >= 0.6 is 0 Å². The van der Waals surface area contributed by atoms with Crippen molar-refractivity contribution in [3.05, 3.63) is 24.7 Å². The lowest BCUT2D eigenvalue weighted by Crippen LogP contribution is -2.10. The van der Waals surface area contributed by atoms with Gasteiger partial charge < -0.3 is 10.3 Å². The van der Waals surface area contributed by atoms with E-state index >= 15 is 0 Å². The molecule has 0 aliphatic heterocycles. The summed E-state index contributed by atoms with van der Waals surface area (Å²) in [4.78, 5) is 9.17. The number of nitrogen functional groups attached to an aromatic ring is 1. The Morgan fingerprint density at radius 2 is 2.27 bits per heavy atom. The van der Waals surface area contributed by atoms with E-state index < -0.39 is 0 Å². The van der Waals surface area contributed by atoms with E-state index in [9.17, 15) is 0 Å². The van der Waals surface area contributed by atoms with Gasteiger partial charge in [0.05, 0.1) is 6.26 Å². The summed E-state index contributed by atoms with van der Waals surface area (Å²) in [7, 11) is 0. The van der Waals surface area contributed by atoms with Gasteiger partial charge in [-0.2, -0.15) is 4.79 Å². The Bertz CT molecular complexity index is 599. The highest BCUT2D eigenvalue weighted by Gasteiger charge is 2.13. The van der Waals surface area contributed by atoms with Gasteiger partial charge in [0.1, 0.15) is 12.0 Å². The maximum Gasteiger partial charge on any atom is 0.207 e. The minimum absolute atomic E-state index is 0.443. The lowest BCUT2D eigenvalue weighted by molar-refractivity contribution is 0.580. The van der Waals surface area contributed by atoms with Gasteiger partial charge in [-0.15, -0.1) is 5.10 Å². The van der Waals surface area contributed by atoms with E-state index in [-0.39, 0.29) is 0 Å². The Morgan fingerprint density at radius 3 is 3.07 bits per heavy atom. The number of nitrogens with two attached hydrogens (primary N) is 1. The Labute approximate surface area is 83.5 Å². The normalized spacial score (nSPS) is 10.9. The van der Waals surface area contributed by atoms with Gasteiger partial charge in [0.25, 0.3) is 0 Å². The van der Waals surface area contributed by atoms with Crippen LogP contribution in [0.2, 0.25) is 0 Å². The summed E-state index contributed by atoms with van der Waals surface area (Å²) in [5.41, 5.74) is 1.57. The number of hydrogen-bond acceptors (Lipinski definition) is 6. The molecule has 0 aliphatic carbocycles. The molecule has 3 aromatic rings. The molecule has 7 heteroatoms. The number of fused-ring (bicyclic) bond motifs is 1. The summed E-state index contributed by atoms with van der Waals surface area (Å²) in [5, 5.41) is 7.45. The molecule has 3 rings (SSSR count). The van der Waals surface area contributed by atoms with Gasteiger partial charge in [-0.25, -0.2) is 9.97 Å². The van der Waals surface area contributed by atoms with E-state index in [2.05, 4.69) is 20.3 Å². The van der Waals surface area contributed by atoms with Crippen LogP contribution in [0.3, 0.4) is 0 Å². The first-order chi connectivity index (χ1) is 7.36. The van der Waals surface area contributed by atoms with Crippen LogP contribution in [-0.2, 0) is 0 Å². The zero-order chi connectivity index (χ0) is 10.3. The number of hydrogen-bond donors (Lipinski definition) is 1. The first-order valence-corrected chi connectivity index (χ1v) is 4.21. The average molecular weight is 202 g/mol. The molecule has 74 valence electrons. The lowest BCUT2D eigenvalue weighted by atomic mass is 10.3.